The van der Waals surface area contributed by atoms with Crippen LogP contribution in [0.5, 0.6) is 0 Å². The summed E-state index contributed by atoms with van der Waals surface area (Å²) in [6.07, 6.45) is -1.60. The van der Waals surface area contributed by atoms with E-state index in [0.29, 0.717) is 32.4 Å². The molecule has 1 atom stereocenters. The molecule has 0 aromatic carbocycles. The van der Waals surface area contributed by atoms with Gasteiger partial charge in [-0.2, -0.15) is 13.2 Å². The molecule has 10 heteroatoms. The average Bonchev–Trinajstić information content (AvgIpc) is 2.95. The second kappa shape index (κ2) is 7.15. The number of nitrogens with one attached hydrogen (secondary N) is 1. The van der Waals surface area contributed by atoms with E-state index in [4.69, 9.17) is 0 Å². The maximum absolute atomic E-state index is 12.5. The summed E-state index contributed by atoms with van der Waals surface area (Å²) in [5.41, 5.74) is -0.948. The molecule has 0 aliphatic carbocycles. The molecule has 1 aromatic rings. The Labute approximate surface area is 149 Å². The number of alkyl halides is 3. The Bertz CT molecular complexity index is 757. The highest BCUT2D eigenvalue weighted by Gasteiger charge is 2.35. The first kappa shape index (κ1) is 19.1. The van der Waals surface area contributed by atoms with Crippen LogP contribution in [-0.2, 0) is 16.0 Å². The first-order chi connectivity index (χ1) is 12.1. The van der Waals surface area contributed by atoms with E-state index in [1.807, 2.05) is 0 Å². The molecule has 2 aliphatic heterocycles. The van der Waals surface area contributed by atoms with Crippen LogP contribution in [0.15, 0.2) is 18.3 Å². The predicted molar refractivity (Wildman–Crippen MR) is 88.4 cm³/mol. The summed E-state index contributed by atoms with van der Waals surface area (Å²) in [7, 11) is -2.93. The summed E-state index contributed by atoms with van der Waals surface area (Å²) < 4.78 is 60.7. The monoisotopic (exact) mass is 391 g/mol. The number of sulfone groups is 1. The Morgan fingerprint density at radius 3 is 2.38 bits per heavy atom. The smallest absolute Gasteiger partial charge is 0.349 e. The van der Waals surface area contributed by atoms with Gasteiger partial charge in [-0.15, -0.1) is 0 Å². The molecule has 3 heterocycles. The van der Waals surface area contributed by atoms with Gasteiger partial charge in [0, 0.05) is 31.4 Å². The molecule has 2 aliphatic rings. The molecule has 26 heavy (non-hydrogen) atoms. The van der Waals surface area contributed by atoms with Crippen molar-refractivity contribution in [3.05, 3.63) is 29.6 Å². The van der Waals surface area contributed by atoms with Crippen molar-refractivity contribution in [1.82, 2.24) is 15.2 Å². The number of nitrogens with zero attached hydrogens (tertiary/aromatic N) is 2. The van der Waals surface area contributed by atoms with Crippen molar-refractivity contribution in [3.8, 4) is 0 Å². The van der Waals surface area contributed by atoms with E-state index in [9.17, 15) is 26.4 Å². The van der Waals surface area contributed by atoms with Crippen LogP contribution in [0.25, 0.3) is 0 Å². The molecule has 1 aromatic heterocycles. The zero-order valence-electron chi connectivity index (χ0n) is 14.0. The molecule has 0 saturated carbocycles. The largest absolute Gasteiger partial charge is 0.433 e. The highest BCUT2D eigenvalue weighted by molar-refractivity contribution is 7.91. The third kappa shape index (κ3) is 4.53. The lowest BCUT2D eigenvalue weighted by molar-refractivity contribution is -0.141. The lowest BCUT2D eigenvalue weighted by Gasteiger charge is -2.35. The number of carbonyl (C=O) groups is 1. The number of piperidine rings is 1. The lowest BCUT2D eigenvalue weighted by Crippen LogP contribution is -2.48. The SMILES string of the molecule is O=C(NC1CCN(C2CCS(=O)(=O)C2)CC1)c1ccc(C(F)(F)F)nc1. The number of hydrogen-bond acceptors (Lipinski definition) is 5. The number of likely N-dealkylation sites (tertiary alicyclic amines) is 1. The minimum absolute atomic E-state index is 0.0516. The zero-order valence-corrected chi connectivity index (χ0v) is 14.8. The number of halogens is 3. The summed E-state index contributed by atoms with van der Waals surface area (Å²) in [5, 5.41) is 2.82. The van der Waals surface area contributed by atoms with Gasteiger partial charge in [0.05, 0.1) is 17.1 Å². The Balaban J connectivity index is 1.50. The van der Waals surface area contributed by atoms with Crippen LogP contribution in [-0.4, -0.2) is 60.9 Å². The third-order valence-electron chi connectivity index (χ3n) is 4.91. The van der Waals surface area contributed by atoms with E-state index >= 15 is 0 Å². The molecule has 2 fully saturated rings. The fourth-order valence-corrected chi connectivity index (χ4v) is 5.20. The maximum atomic E-state index is 12.5. The topological polar surface area (TPSA) is 79.4 Å². The van der Waals surface area contributed by atoms with E-state index in [2.05, 4.69) is 15.2 Å². The number of pyridine rings is 1. The minimum atomic E-state index is -4.53. The van der Waals surface area contributed by atoms with Crippen molar-refractivity contribution < 1.29 is 26.4 Å². The summed E-state index contributed by atoms with van der Waals surface area (Å²) >= 11 is 0. The van der Waals surface area contributed by atoms with Crippen molar-refractivity contribution in [1.29, 1.82) is 0 Å². The van der Waals surface area contributed by atoms with Crippen LogP contribution in [0.3, 0.4) is 0 Å². The molecule has 1 N–H and O–H groups in total. The normalized spacial score (nSPS) is 24.5. The van der Waals surface area contributed by atoms with Gasteiger partial charge in [-0.25, -0.2) is 8.42 Å². The van der Waals surface area contributed by atoms with Crippen molar-refractivity contribution in [2.24, 2.45) is 0 Å². The van der Waals surface area contributed by atoms with Gasteiger partial charge < -0.3 is 5.32 Å². The predicted octanol–water partition coefficient (Wildman–Crippen LogP) is 1.48. The minimum Gasteiger partial charge on any atom is -0.349 e. The van der Waals surface area contributed by atoms with Crippen LogP contribution in [0.1, 0.15) is 35.3 Å². The number of hydrogen-bond donors (Lipinski definition) is 1. The maximum Gasteiger partial charge on any atom is 0.433 e. The molecule has 2 saturated heterocycles. The molecule has 144 valence electrons. The van der Waals surface area contributed by atoms with Gasteiger partial charge in [0.2, 0.25) is 0 Å². The van der Waals surface area contributed by atoms with Crippen molar-refractivity contribution in [2.75, 3.05) is 24.6 Å². The van der Waals surface area contributed by atoms with Crippen LogP contribution < -0.4 is 5.32 Å². The molecule has 1 unspecified atom stereocenters. The quantitative estimate of drug-likeness (QED) is 0.845. The van der Waals surface area contributed by atoms with Crippen LogP contribution in [0.2, 0.25) is 0 Å². The second-order valence-corrected chi connectivity index (χ2v) is 9.00. The average molecular weight is 391 g/mol. The number of rotatable bonds is 3. The van der Waals surface area contributed by atoms with Gasteiger partial charge in [0.15, 0.2) is 9.84 Å². The van der Waals surface area contributed by atoms with Gasteiger partial charge in [-0.3, -0.25) is 14.7 Å². The van der Waals surface area contributed by atoms with Crippen molar-refractivity contribution in [3.63, 3.8) is 0 Å². The van der Waals surface area contributed by atoms with E-state index < -0.39 is 27.6 Å². The summed E-state index contributed by atoms with van der Waals surface area (Å²) in [6, 6.07) is 1.87. The summed E-state index contributed by atoms with van der Waals surface area (Å²) in [6.45, 7) is 1.38. The Morgan fingerprint density at radius 2 is 1.88 bits per heavy atom. The molecule has 0 bridgehead atoms. The fourth-order valence-electron chi connectivity index (χ4n) is 3.44. The van der Waals surface area contributed by atoms with E-state index in [-0.39, 0.29) is 29.2 Å². The summed E-state index contributed by atoms with van der Waals surface area (Å²) in [4.78, 5) is 17.6. The van der Waals surface area contributed by atoms with Gasteiger partial charge in [0.25, 0.3) is 5.91 Å². The first-order valence-corrected chi connectivity index (χ1v) is 10.2. The molecule has 3 rings (SSSR count). The van der Waals surface area contributed by atoms with Crippen LogP contribution >= 0.6 is 0 Å². The Hall–Kier alpha value is -1.68. The molecule has 1 amide bonds. The molecular weight excluding hydrogens is 371 g/mol. The highest BCUT2D eigenvalue weighted by atomic mass is 32.2. The lowest BCUT2D eigenvalue weighted by atomic mass is 10.0. The van der Waals surface area contributed by atoms with E-state index in [1.54, 1.807) is 0 Å². The van der Waals surface area contributed by atoms with Crippen LogP contribution in [0.4, 0.5) is 13.2 Å². The highest BCUT2D eigenvalue weighted by Crippen LogP contribution is 2.27. The molecule has 0 spiro atoms. The van der Waals surface area contributed by atoms with E-state index in [0.717, 1.165) is 18.3 Å². The fraction of sp³-hybridized carbons (Fsp3) is 0.625. The zero-order chi connectivity index (χ0) is 18.9. The van der Waals surface area contributed by atoms with Crippen molar-refractivity contribution in [2.45, 2.75) is 37.5 Å². The number of carbonyl (C=O) groups excluding carboxylic acids is 1. The van der Waals surface area contributed by atoms with Gasteiger partial charge in [-0.05, 0) is 31.4 Å². The molecular formula is C16H20F3N3O3S. The first-order valence-electron chi connectivity index (χ1n) is 8.43. The standard InChI is InChI=1S/C16H20F3N3O3S/c17-16(18,19)14-2-1-11(9-20-14)15(23)21-12-3-6-22(7-4-12)13-5-8-26(24,25)10-13/h1-2,9,12-13H,3-8,10H2,(H,21,23). The van der Waals surface area contributed by atoms with Crippen LogP contribution in [0, 0.1) is 0 Å². The van der Waals surface area contributed by atoms with Crippen molar-refractivity contribution >= 4 is 15.7 Å². The molecule has 0 radical (unpaired) electrons. The van der Waals surface area contributed by atoms with Gasteiger partial charge >= 0.3 is 6.18 Å². The second-order valence-electron chi connectivity index (χ2n) is 6.77. The third-order valence-corrected chi connectivity index (χ3v) is 6.66. The van der Waals surface area contributed by atoms with Gasteiger partial charge in [-0.1, -0.05) is 0 Å². The van der Waals surface area contributed by atoms with E-state index in [1.165, 1.54) is 0 Å². The van der Waals surface area contributed by atoms with Gasteiger partial charge in [0.1, 0.15) is 5.69 Å². The number of aromatic nitrogens is 1. The Morgan fingerprint density at radius 1 is 1.19 bits per heavy atom. The number of amides is 1. The Kier molecular flexibility index (Phi) is 5.25. The summed E-state index contributed by atoms with van der Waals surface area (Å²) in [5.74, 6) is -0.0237. The molecule has 6 nitrogen and oxygen atoms in total.